The van der Waals surface area contributed by atoms with Gasteiger partial charge in [0.2, 0.25) is 0 Å². The predicted octanol–water partition coefficient (Wildman–Crippen LogP) is 3.73. The Labute approximate surface area is 111 Å². The van der Waals surface area contributed by atoms with Crippen LogP contribution < -0.4 is 5.32 Å². The zero-order valence-corrected chi connectivity index (χ0v) is 10.6. The van der Waals surface area contributed by atoms with Gasteiger partial charge in [0.05, 0.1) is 11.2 Å². The van der Waals surface area contributed by atoms with Crippen molar-refractivity contribution in [3.8, 4) is 0 Å². The van der Waals surface area contributed by atoms with E-state index in [-0.39, 0.29) is 5.91 Å². The van der Waals surface area contributed by atoms with Gasteiger partial charge in [0, 0.05) is 17.1 Å². The molecule has 0 fully saturated rings. The summed E-state index contributed by atoms with van der Waals surface area (Å²) >= 11 is 0. The van der Waals surface area contributed by atoms with E-state index in [9.17, 15) is 4.79 Å². The van der Waals surface area contributed by atoms with Crippen LogP contribution in [0.25, 0.3) is 10.9 Å². The molecule has 94 valence electrons. The van der Waals surface area contributed by atoms with E-state index in [4.69, 9.17) is 0 Å². The number of H-pyrrole nitrogens is 1. The third-order valence-corrected chi connectivity index (χ3v) is 3.23. The van der Waals surface area contributed by atoms with Gasteiger partial charge in [-0.1, -0.05) is 30.3 Å². The average molecular weight is 250 g/mol. The third kappa shape index (κ3) is 2.10. The lowest BCUT2D eigenvalue weighted by molar-refractivity contribution is 0.102. The topological polar surface area (TPSA) is 44.9 Å². The summed E-state index contributed by atoms with van der Waals surface area (Å²) < 4.78 is 0. The minimum atomic E-state index is -0.0831. The molecule has 0 saturated heterocycles. The van der Waals surface area contributed by atoms with Crippen molar-refractivity contribution in [3.63, 3.8) is 0 Å². The van der Waals surface area contributed by atoms with Crippen molar-refractivity contribution < 1.29 is 4.79 Å². The highest BCUT2D eigenvalue weighted by Gasteiger charge is 2.10. The molecule has 2 N–H and O–H groups in total. The molecule has 3 aromatic rings. The van der Waals surface area contributed by atoms with Crippen LogP contribution in [0.3, 0.4) is 0 Å². The fourth-order valence-electron chi connectivity index (χ4n) is 2.21. The second-order valence-corrected chi connectivity index (χ2v) is 4.52. The zero-order valence-electron chi connectivity index (χ0n) is 10.6. The van der Waals surface area contributed by atoms with E-state index in [1.54, 1.807) is 0 Å². The summed E-state index contributed by atoms with van der Waals surface area (Å²) in [5, 5.41) is 4.04. The highest BCUT2D eigenvalue weighted by Crippen LogP contribution is 2.22. The number of hydrogen-bond donors (Lipinski definition) is 2. The van der Waals surface area contributed by atoms with Gasteiger partial charge in [0.25, 0.3) is 5.91 Å². The lowest BCUT2D eigenvalue weighted by Gasteiger charge is -2.08. The summed E-state index contributed by atoms with van der Waals surface area (Å²) in [6.45, 7) is 1.93. The van der Waals surface area contributed by atoms with Crippen LogP contribution in [0.1, 0.15) is 15.9 Å². The van der Waals surface area contributed by atoms with E-state index in [1.165, 1.54) is 0 Å². The summed E-state index contributed by atoms with van der Waals surface area (Å²) in [6.07, 6.45) is 1.87. The van der Waals surface area contributed by atoms with Crippen molar-refractivity contribution in [3.05, 3.63) is 65.9 Å². The Morgan fingerprint density at radius 1 is 1.05 bits per heavy atom. The lowest BCUT2D eigenvalue weighted by atomic mass is 10.1. The van der Waals surface area contributed by atoms with Crippen molar-refractivity contribution >= 4 is 22.5 Å². The molecular weight excluding hydrogens is 236 g/mol. The summed E-state index contributed by atoms with van der Waals surface area (Å²) in [6, 6.07) is 15.4. The van der Waals surface area contributed by atoms with Crippen LogP contribution in [0.5, 0.6) is 0 Å². The number of rotatable bonds is 2. The number of carbonyl (C=O) groups excluding carboxylic acids is 1. The molecule has 0 spiro atoms. The molecule has 19 heavy (non-hydrogen) atoms. The van der Waals surface area contributed by atoms with E-state index < -0.39 is 0 Å². The molecule has 2 aromatic carbocycles. The molecule has 3 rings (SSSR count). The summed E-state index contributed by atoms with van der Waals surface area (Å²) in [5.74, 6) is -0.0831. The Bertz CT molecular complexity index is 743. The van der Waals surface area contributed by atoms with Crippen LogP contribution in [0.15, 0.2) is 54.7 Å². The Kier molecular flexibility index (Phi) is 2.80. The number of aromatic amines is 1. The predicted molar refractivity (Wildman–Crippen MR) is 77.4 cm³/mol. The van der Waals surface area contributed by atoms with Gasteiger partial charge in [-0.05, 0) is 30.7 Å². The second kappa shape index (κ2) is 4.61. The molecule has 0 aliphatic rings. The van der Waals surface area contributed by atoms with Crippen LogP contribution in [0.2, 0.25) is 0 Å². The second-order valence-electron chi connectivity index (χ2n) is 4.52. The number of nitrogens with one attached hydrogen (secondary N) is 2. The maximum Gasteiger partial charge on any atom is 0.255 e. The largest absolute Gasteiger partial charge is 0.359 e. The molecule has 0 saturated carbocycles. The minimum absolute atomic E-state index is 0.0831. The quantitative estimate of drug-likeness (QED) is 0.715. The molecule has 3 nitrogen and oxygen atoms in total. The molecule has 3 heteroatoms. The van der Waals surface area contributed by atoms with Gasteiger partial charge < -0.3 is 10.3 Å². The van der Waals surface area contributed by atoms with Crippen LogP contribution in [-0.4, -0.2) is 10.9 Å². The number of aryl methyl sites for hydroxylation is 1. The van der Waals surface area contributed by atoms with Gasteiger partial charge in [-0.3, -0.25) is 4.79 Å². The highest BCUT2D eigenvalue weighted by atomic mass is 16.1. The van der Waals surface area contributed by atoms with Crippen molar-refractivity contribution in [2.75, 3.05) is 5.32 Å². The molecule has 0 aliphatic carbocycles. The number of para-hydroxylation sites is 1. The van der Waals surface area contributed by atoms with Crippen molar-refractivity contribution in [2.24, 2.45) is 0 Å². The molecule has 1 aromatic heterocycles. The molecule has 0 aliphatic heterocycles. The maximum absolute atomic E-state index is 12.3. The first-order valence-electron chi connectivity index (χ1n) is 6.19. The van der Waals surface area contributed by atoms with Crippen LogP contribution >= 0.6 is 0 Å². The van der Waals surface area contributed by atoms with Gasteiger partial charge in [0.15, 0.2) is 0 Å². The molecule has 0 atom stereocenters. The third-order valence-electron chi connectivity index (χ3n) is 3.23. The molecule has 0 radical (unpaired) electrons. The molecular formula is C16H14N2O. The van der Waals surface area contributed by atoms with Gasteiger partial charge in [-0.25, -0.2) is 0 Å². The summed E-state index contributed by atoms with van der Waals surface area (Å²) in [5.41, 5.74) is 3.42. The summed E-state index contributed by atoms with van der Waals surface area (Å²) in [4.78, 5) is 15.4. The summed E-state index contributed by atoms with van der Waals surface area (Å²) in [7, 11) is 0. The van der Waals surface area contributed by atoms with Crippen LogP contribution in [0, 0.1) is 6.92 Å². The highest BCUT2D eigenvalue weighted by molar-refractivity contribution is 6.09. The molecule has 1 amide bonds. The van der Waals surface area contributed by atoms with Crippen LogP contribution in [0.4, 0.5) is 5.69 Å². The number of anilines is 1. The number of carbonyl (C=O) groups is 1. The Balaban J connectivity index is 1.95. The Hall–Kier alpha value is -2.55. The lowest BCUT2D eigenvalue weighted by Crippen LogP contribution is -2.13. The number of fused-ring (bicyclic) bond motifs is 1. The zero-order chi connectivity index (χ0) is 13.2. The molecule has 1 heterocycles. The van der Waals surface area contributed by atoms with Gasteiger partial charge in [0.1, 0.15) is 0 Å². The monoisotopic (exact) mass is 250 g/mol. The van der Waals surface area contributed by atoms with Gasteiger partial charge in [-0.2, -0.15) is 0 Å². The van der Waals surface area contributed by atoms with E-state index in [1.807, 2.05) is 61.7 Å². The van der Waals surface area contributed by atoms with E-state index in [0.717, 1.165) is 22.2 Å². The average Bonchev–Trinajstić information content (AvgIpc) is 2.88. The number of amides is 1. The molecule has 0 unspecified atom stereocenters. The van der Waals surface area contributed by atoms with Gasteiger partial charge in [-0.15, -0.1) is 0 Å². The fraction of sp³-hybridized carbons (Fsp3) is 0.0625. The van der Waals surface area contributed by atoms with E-state index in [0.29, 0.717) is 5.56 Å². The SMILES string of the molecule is Cc1ccccc1C(=O)Nc1cccc2cc[nH]c12. The maximum atomic E-state index is 12.3. The van der Waals surface area contributed by atoms with E-state index >= 15 is 0 Å². The van der Waals surface area contributed by atoms with Crippen molar-refractivity contribution in [2.45, 2.75) is 6.92 Å². The van der Waals surface area contributed by atoms with Gasteiger partial charge >= 0.3 is 0 Å². The first-order chi connectivity index (χ1) is 9.25. The number of aromatic nitrogens is 1. The first-order valence-corrected chi connectivity index (χ1v) is 6.19. The number of hydrogen-bond acceptors (Lipinski definition) is 1. The Morgan fingerprint density at radius 2 is 1.89 bits per heavy atom. The minimum Gasteiger partial charge on any atom is -0.359 e. The number of benzene rings is 2. The molecule has 0 bridgehead atoms. The Morgan fingerprint density at radius 3 is 2.74 bits per heavy atom. The van der Waals surface area contributed by atoms with Crippen LogP contribution in [-0.2, 0) is 0 Å². The smallest absolute Gasteiger partial charge is 0.255 e. The standard InChI is InChI=1S/C16H14N2O/c1-11-5-2-3-7-13(11)16(19)18-14-8-4-6-12-9-10-17-15(12)14/h2-10,17H,1H3,(H,18,19). The first kappa shape index (κ1) is 11.5. The fourth-order valence-corrected chi connectivity index (χ4v) is 2.21. The van der Waals surface area contributed by atoms with E-state index in [2.05, 4.69) is 10.3 Å². The van der Waals surface area contributed by atoms with Crippen molar-refractivity contribution in [1.29, 1.82) is 0 Å². The van der Waals surface area contributed by atoms with Crippen molar-refractivity contribution in [1.82, 2.24) is 4.98 Å². The normalized spacial score (nSPS) is 10.6.